The standard InChI is InChI=1S/C15H32N4O/c1-5-17-15(2,14(16)20)9-6-10-19(4)13-7-11-18(3)12-8-13/h13,17H,5-12H2,1-4H3,(H2,16,20). The number of hydrogen-bond donors (Lipinski definition) is 2. The van der Waals surface area contributed by atoms with Gasteiger partial charge in [0.2, 0.25) is 5.91 Å². The number of carbonyl (C=O) groups is 1. The molecule has 1 amide bonds. The Morgan fingerprint density at radius 2 is 2.05 bits per heavy atom. The lowest BCUT2D eigenvalue weighted by Gasteiger charge is -2.35. The summed E-state index contributed by atoms with van der Waals surface area (Å²) in [7, 11) is 4.38. The van der Waals surface area contributed by atoms with E-state index < -0.39 is 5.54 Å². The van der Waals surface area contributed by atoms with E-state index in [-0.39, 0.29) is 5.91 Å². The van der Waals surface area contributed by atoms with Gasteiger partial charge < -0.3 is 20.9 Å². The molecule has 1 unspecified atom stereocenters. The third kappa shape index (κ3) is 5.04. The summed E-state index contributed by atoms with van der Waals surface area (Å²) in [6.07, 6.45) is 4.28. The minimum absolute atomic E-state index is 0.249. The van der Waals surface area contributed by atoms with E-state index in [1.54, 1.807) is 0 Å². The van der Waals surface area contributed by atoms with Crippen LogP contribution in [-0.2, 0) is 4.79 Å². The predicted octanol–water partition coefficient (Wildman–Crippen LogP) is 0.646. The third-order valence-electron chi connectivity index (χ3n) is 4.61. The number of hydrogen-bond acceptors (Lipinski definition) is 4. The van der Waals surface area contributed by atoms with Crippen molar-refractivity contribution in [3.8, 4) is 0 Å². The van der Waals surface area contributed by atoms with Crippen LogP contribution in [0.5, 0.6) is 0 Å². The first kappa shape index (κ1) is 17.4. The number of likely N-dealkylation sites (N-methyl/N-ethyl adjacent to an activating group) is 1. The SMILES string of the molecule is CCNC(C)(CCCN(C)C1CCN(C)CC1)C(N)=O. The van der Waals surface area contributed by atoms with Crippen molar-refractivity contribution in [2.75, 3.05) is 40.3 Å². The van der Waals surface area contributed by atoms with Crippen LogP contribution in [0.4, 0.5) is 0 Å². The fourth-order valence-electron chi connectivity index (χ4n) is 2.99. The topological polar surface area (TPSA) is 61.6 Å². The molecule has 0 radical (unpaired) electrons. The molecule has 20 heavy (non-hydrogen) atoms. The predicted molar refractivity (Wildman–Crippen MR) is 83.7 cm³/mol. The summed E-state index contributed by atoms with van der Waals surface area (Å²) >= 11 is 0. The molecule has 1 heterocycles. The maximum absolute atomic E-state index is 11.6. The van der Waals surface area contributed by atoms with Crippen LogP contribution >= 0.6 is 0 Å². The van der Waals surface area contributed by atoms with Gasteiger partial charge in [-0.15, -0.1) is 0 Å². The van der Waals surface area contributed by atoms with Crippen molar-refractivity contribution in [1.29, 1.82) is 0 Å². The first-order chi connectivity index (χ1) is 9.39. The second-order valence-corrected chi connectivity index (χ2v) is 6.35. The first-order valence-electron chi connectivity index (χ1n) is 7.82. The highest BCUT2D eigenvalue weighted by Crippen LogP contribution is 2.17. The maximum atomic E-state index is 11.6. The van der Waals surface area contributed by atoms with Gasteiger partial charge in [0.25, 0.3) is 0 Å². The molecule has 5 heteroatoms. The van der Waals surface area contributed by atoms with E-state index in [9.17, 15) is 4.79 Å². The number of rotatable bonds is 8. The van der Waals surface area contributed by atoms with Crippen molar-refractivity contribution in [1.82, 2.24) is 15.1 Å². The van der Waals surface area contributed by atoms with E-state index >= 15 is 0 Å². The van der Waals surface area contributed by atoms with Crippen LogP contribution in [-0.4, -0.2) is 67.6 Å². The molecule has 0 aromatic carbocycles. The third-order valence-corrected chi connectivity index (χ3v) is 4.61. The number of likely N-dealkylation sites (tertiary alicyclic amines) is 1. The van der Waals surface area contributed by atoms with Gasteiger partial charge in [-0.05, 0) is 72.9 Å². The monoisotopic (exact) mass is 284 g/mol. The second-order valence-electron chi connectivity index (χ2n) is 6.35. The van der Waals surface area contributed by atoms with Crippen molar-refractivity contribution >= 4 is 5.91 Å². The van der Waals surface area contributed by atoms with Gasteiger partial charge in [0.15, 0.2) is 0 Å². The Labute approximate surface area is 123 Å². The largest absolute Gasteiger partial charge is 0.368 e. The Hall–Kier alpha value is -0.650. The fraction of sp³-hybridized carbons (Fsp3) is 0.933. The number of carbonyl (C=O) groups excluding carboxylic acids is 1. The minimum Gasteiger partial charge on any atom is -0.368 e. The minimum atomic E-state index is -0.567. The Morgan fingerprint density at radius 3 is 2.55 bits per heavy atom. The van der Waals surface area contributed by atoms with Crippen LogP contribution in [0.1, 0.15) is 39.5 Å². The van der Waals surface area contributed by atoms with Gasteiger partial charge in [0.05, 0.1) is 5.54 Å². The van der Waals surface area contributed by atoms with Crippen LogP contribution in [0.2, 0.25) is 0 Å². The molecule has 0 aromatic rings. The molecule has 1 aliphatic rings. The molecule has 0 aromatic heterocycles. The van der Waals surface area contributed by atoms with Gasteiger partial charge in [-0.1, -0.05) is 6.92 Å². The highest BCUT2D eigenvalue weighted by atomic mass is 16.1. The molecule has 1 fully saturated rings. The van der Waals surface area contributed by atoms with E-state index in [2.05, 4.69) is 29.2 Å². The lowest BCUT2D eigenvalue weighted by atomic mass is 9.94. The highest BCUT2D eigenvalue weighted by molar-refractivity contribution is 5.84. The molecular formula is C15H32N4O. The summed E-state index contributed by atoms with van der Waals surface area (Å²) in [6, 6.07) is 0.685. The quantitative estimate of drug-likeness (QED) is 0.687. The zero-order chi connectivity index (χ0) is 15.2. The van der Waals surface area contributed by atoms with Gasteiger partial charge in [0, 0.05) is 6.04 Å². The van der Waals surface area contributed by atoms with Gasteiger partial charge in [-0.2, -0.15) is 0 Å². The molecule has 1 saturated heterocycles. The molecule has 0 bridgehead atoms. The Kier molecular flexibility index (Phi) is 6.92. The molecule has 0 spiro atoms. The molecule has 0 aliphatic carbocycles. The Balaban J connectivity index is 2.33. The lowest BCUT2D eigenvalue weighted by Crippen LogP contribution is -2.53. The number of nitrogens with one attached hydrogen (secondary N) is 1. The van der Waals surface area contributed by atoms with Gasteiger partial charge >= 0.3 is 0 Å². The van der Waals surface area contributed by atoms with Crippen LogP contribution in [0.15, 0.2) is 0 Å². The highest BCUT2D eigenvalue weighted by Gasteiger charge is 2.29. The summed E-state index contributed by atoms with van der Waals surface area (Å²) in [5, 5.41) is 3.22. The van der Waals surface area contributed by atoms with Crippen LogP contribution in [0.3, 0.4) is 0 Å². The number of primary amides is 1. The molecular weight excluding hydrogens is 252 g/mol. The molecule has 3 N–H and O–H groups in total. The van der Waals surface area contributed by atoms with E-state index in [1.807, 2.05) is 13.8 Å². The zero-order valence-corrected chi connectivity index (χ0v) is 13.6. The smallest absolute Gasteiger partial charge is 0.237 e. The van der Waals surface area contributed by atoms with Crippen LogP contribution in [0, 0.1) is 0 Å². The average molecular weight is 284 g/mol. The fourth-order valence-corrected chi connectivity index (χ4v) is 2.99. The van der Waals surface area contributed by atoms with E-state index in [4.69, 9.17) is 5.73 Å². The van der Waals surface area contributed by atoms with Crippen molar-refractivity contribution < 1.29 is 4.79 Å². The van der Waals surface area contributed by atoms with Crippen molar-refractivity contribution in [3.63, 3.8) is 0 Å². The zero-order valence-electron chi connectivity index (χ0n) is 13.6. The van der Waals surface area contributed by atoms with Crippen LogP contribution in [0.25, 0.3) is 0 Å². The summed E-state index contributed by atoms with van der Waals surface area (Å²) in [5.41, 5.74) is 4.94. The lowest BCUT2D eigenvalue weighted by molar-refractivity contribution is -0.124. The first-order valence-corrected chi connectivity index (χ1v) is 7.82. The number of nitrogens with zero attached hydrogens (tertiary/aromatic N) is 2. The van der Waals surface area contributed by atoms with E-state index in [0.29, 0.717) is 6.04 Å². The summed E-state index contributed by atoms with van der Waals surface area (Å²) < 4.78 is 0. The van der Waals surface area contributed by atoms with Crippen molar-refractivity contribution in [2.24, 2.45) is 5.73 Å². The maximum Gasteiger partial charge on any atom is 0.237 e. The summed E-state index contributed by atoms with van der Waals surface area (Å²) in [4.78, 5) is 16.4. The Morgan fingerprint density at radius 1 is 1.45 bits per heavy atom. The van der Waals surface area contributed by atoms with Gasteiger partial charge in [-0.3, -0.25) is 4.79 Å². The molecule has 0 saturated carbocycles. The summed E-state index contributed by atoms with van der Waals surface area (Å²) in [5.74, 6) is -0.249. The molecule has 1 atom stereocenters. The molecule has 118 valence electrons. The van der Waals surface area contributed by atoms with Crippen molar-refractivity contribution in [3.05, 3.63) is 0 Å². The molecule has 5 nitrogen and oxygen atoms in total. The van der Waals surface area contributed by atoms with Crippen molar-refractivity contribution in [2.45, 2.75) is 51.1 Å². The van der Waals surface area contributed by atoms with Crippen LogP contribution < -0.4 is 11.1 Å². The van der Waals surface area contributed by atoms with E-state index in [1.165, 1.54) is 25.9 Å². The van der Waals surface area contributed by atoms with E-state index in [0.717, 1.165) is 25.9 Å². The number of piperidine rings is 1. The molecule has 1 aliphatic heterocycles. The normalized spacial score (nSPS) is 21.1. The Bertz CT molecular complexity index is 302. The van der Waals surface area contributed by atoms with Gasteiger partial charge in [-0.25, -0.2) is 0 Å². The summed E-state index contributed by atoms with van der Waals surface area (Å²) in [6.45, 7) is 8.09. The van der Waals surface area contributed by atoms with Gasteiger partial charge in [0.1, 0.15) is 0 Å². The number of amides is 1. The number of nitrogens with two attached hydrogens (primary N) is 1. The average Bonchev–Trinajstić information content (AvgIpc) is 2.39. The molecule has 1 rings (SSSR count). The second kappa shape index (κ2) is 7.96.